The van der Waals surface area contributed by atoms with E-state index in [2.05, 4.69) is 57.2 Å². The Balaban J connectivity index is 2.13. The number of hydrogen-bond donors (Lipinski definition) is 0. The molecule has 0 bridgehead atoms. The topological polar surface area (TPSA) is 9.23 Å². The number of ether oxygens (including phenoxy) is 1. The Kier molecular flexibility index (Phi) is 2.62. The minimum absolute atomic E-state index is 0.540. The zero-order valence-electron chi connectivity index (χ0n) is 11.2. The molecule has 2 aromatic rings. The highest BCUT2D eigenvalue weighted by molar-refractivity contribution is 5.75. The fourth-order valence-electron chi connectivity index (χ4n) is 2.50. The van der Waals surface area contributed by atoms with Crippen LogP contribution in [-0.4, -0.2) is 0 Å². The van der Waals surface area contributed by atoms with Crippen LogP contribution in [0, 0.1) is 6.92 Å². The Bertz CT molecular complexity index is 597. The normalized spacial score (nSPS) is 12.9. The summed E-state index contributed by atoms with van der Waals surface area (Å²) in [5.41, 5.74) is 6.46. The van der Waals surface area contributed by atoms with Crippen molar-refractivity contribution in [1.82, 2.24) is 0 Å². The Morgan fingerprint density at radius 2 is 1.78 bits per heavy atom. The van der Waals surface area contributed by atoms with E-state index in [1.165, 1.54) is 27.8 Å². The molecule has 1 heterocycles. The number of hydrogen-bond acceptors (Lipinski definition) is 1. The van der Waals surface area contributed by atoms with Crippen LogP contribution in [0.3, 0.4) is 0 Å². The zero-order valence-corrected chi connectivity index (χ0v) is 11.2. The van der Waals surface area contributed by atoms with Crippen LogP contribution in [0.2, 0.25) is 0 Å². The van der Waals surface area contributed by atoms with Crippen molar-refractivity contribution in [2.45, 2.75) is 33.3 Å². The number of rotatable bonds is 1. The average molecular weight is 238 g/mol. The van der Waals surface area contributed by atoms with Gasteiger partial charge >= 0.3 is 0 Å². The summed E-state index contributed by atoms with van der Waals surface area (Å²) in [4.78, 5) is 0. The van der Waals surface area contributed by atoms with Crippen LogP contribution in [-0.2, 0) is 6.61 Å². The minimum atomic E-state index is 0.540. The van der Waals surface area contributed by atoms with Crippen molar-refractivity contribution in [3.63, 3.8) is 0 Å². The molecule has 92 valence electrons. The molecule has 0 radical (unpaired) electrons. The smallest absolute Gasteiger partial charge is 0.127 e. The van der Waals surface area contributed by atoms with E-state index in [1.54, 1.807) is 0 Å². The second-order valence-electron chi connectivity index (χ2n) is 5.36. The van der Waals surface area contributed by atoms with Gasteiger partial charge in [0, 0.05) is 5.56 Å². The third kappa shape index (κ3) is 1.80. The predicted molar refractivity (Wildman–Crippen MR) is 75.0 cm³/mol. The summed E-state index contributed by atoms with van der Waals surface area (Å²) in [7, 11) is 0. The lowest BCUT2D eigenvalue weighted by Crippen LogP contribution is -2.06. The minimum Gasteiger partial charge on any atom is -0.488 e. The molecule has 18 heavy (non-hydrogen) atoms. The fourth-order valence-corrected chi connectivity index (χ4v) is 2.50. The second-order valence-corrected chi connectivity index (χ2v) is 5.36. The average Bonchev–Trinajstić information content (AvgIpc) is 2.37. The third-order valence-corrected chi connectivity index (χ3v) is 3.61. The van der Waals surface area contributed by atoms with Crippen LogP contribution < -0.4 is 4.74 Å². The molecule has 0 saturated heterocycles. The maximum Gasteiger partial charge on any atom is 0.127 e. The summed E-state index contributed by atoms with van der Waals surface area (Å²) in [6.07, 6.45) is 0. The van der Waals surface area contributed by atoms with E-state index >= 15 is 0 Å². The highest BCUT2D eigenvalue weighted by atomic mass is 16.5. The lowest BCUT2D eigenvalue weighted by atomic mass is 9.93. The van der Waals surface area contributed by atoms with Gasteiger partial charge in [0.2, 0.25) is 0 Å². The van der Waals surface area contributed by atoms with Gasteiger partial charge < -0.3 is 4.74 Å². The van der Waals surface area contributed by atoms with Crippen molar-refractivity contribution in [3.05, 3.63) is 53.1 Å². The fraction of sp³-hybridized carbons (Fsp3) is 0.294. The molecule has 0 aliphatic carbocycles. The number of aryl methyl sites for hydroxylation is 1. The Morgan fingerprint density at radius 1 is 1.00 bits per heavy atom. The quantitative estimate of drug-likeness (QED) is 0.701. The molecule has 0 aromatic heterocycles. The molecule has 0 amide bonds. The first-order valence-electron chi connectivity index (χ1n) is 6.52. The van der Waals surface area contributed by atoms with E-state index in [-0.39, 0.29) is 0 Å². The zero-order chi connectivity index (χ0) is 12.7. The van der Waals surface area contributed by atoms with E-state index < -0.39 is 0 Å². The first-order chi connectivity index (χ1) is 8.65. The summed E-state index contributed by atoms with van der Waals surface area (Å²) in [6.45, 7) is 7.23. The van der Waals surface area contributed by atoms with Crippen molar-refractivity contribution in [1.29, 1.82) is 0 Å². The van der Waals surface area contributed by atoms with Crippen LogP contribution in [0.4, 0.5) is 0 Å². The molecule has 0 spiro atoms. The second kappa shape index (κ2) is 4.16. The number of benzene rings is 2. The molecule has 0 saturated carbocycles. The molecule has 2 aromatic carbocycles. The molecular formula is C17H18O. The third-order valence-electron chi connectivity index (χ3n) is 3.61. The molecule has 0 unspecified atom stereocenters. The van der Waals surface area contributed by atoms with Gasteiger partial charge in [-0.15, -0.1) is 0 Å². The molecule has 1 nitrogen and oxygen atoms in total. The lowest BCUT2D eigenvalue weighted by Gasteiger charge is -2.22. The molecule has 0 fully saturated rings. The van der Waals surface area contributed by atoms with Gasteiger partial charge in [-0.2, -0.15) is 0 Å². The molecule has 0 atom stereocenters. The highest BCUT2D eigenvalue weighted by Gasteiger charge is 2.17. The summed E-state index contributed by atoms with van der Waals surface area (Å²) < 4.78 is 5.90. The van der Waals surface area contributed by atoms with Crippen molar-refractivity contribution in [3.8, 4) is 16.9 Å². The molecule has 1 aliphatic rings. The van der Waals surface area contributed by atoms with Gasteiger partial charge in [-0.05, 0) is 35.6 Å². The van der Waals surface area contributed by atoms with Gasteiger partial charge in [-0.3, -0.25) is 0 Å². The molecule has 0 N–H and O–H groups in total. The first-order valence-corrected chi connectivity index (χ1v) is 6.52. The predicted octanol–water partition coefficient (Wildman–Crippen LogP) is 4.68. The van der Waals surface area contributed by atoms with Crippen molar-refractivity contribution < 1.29 is 4.74 Å². The lowest BCUT2D eigenvalue weighted by molar-refractivity contribution is 0.302. The van der Waals surface area contributed by atoms with Crippen molar-refractivity contribution in [2.24, 2.45) is 0 Å². The van der Waals surface area contributed by atoms with E-state index in [0.29, 0.717) is 12.5 Å². The maximum atomic E-state index is 5.90. The Morgan fingerprint density at radius 3 is 2.56 bits per heavy atom. The van der Waals surface area contributed by atoms with Gasteiger partial charge in [-0.1, -0.05) is 49.7 Å². The van der Waals surface area contributed by atoms with Crippen LogP contribution in [0.25, 0.3) is 11.1 Å². The van der Waals surface area contributed by atoms with Crippen LogP contribution in [0.5, 0.6) is 5.75 Å². The maximum absolute atomic E-state index is 5.90. The first kappa shape index (κ1) is 11.3. The summed E-state index contributed by atoms with van der Waals surface area (Å²) in [6, 6.07) is 13.2. The van der Waals surface area contributed by atoms with E-state index in [9.17, 15) is 0 Å². The Labute approximate surface area is 108 Å². The summed E-state index contributed by atoms with van der Waals surface area (Å²) in [5, 5.41) is 0. The van der Waals surface area contributed by atoms with Gasteiger partial charge in [0.05, 0.1) is 0 Å². The van der Waals surface area contributed by atoms with Crippen LogP contribution >= 0.6 is 0 Å². The standard InChI is InChI=1S/C17H18O/c1-11(2)13-5-7-16-15-6-4-12(3)8-14(15)10-18-17(16)9-13/h4-9,11H,10H2,1-3H3. The van der Waals surface area contributed by atoms with E-state index in [1.807, 2.05) is 0 Å². The molecule has 3 rings (SSSR count). The molecule has 1 aliphatic heterocycles. The van der Waals surface area contributed by atoms with E-state index in [0.717, 1.165) is 5.75 Å². The summed E-state index contributed by atoms with van der Waals surface area (Å²) >= 11 is 0. The van der Waals surface area contributed by atoms with Gasteiger partial charge in [0.1, 0.15) is 12.4 Å². The van der Waals surface area contributed by atoms with Gasteiger partial charge in [-0.25, -0.2) is 0 Å². The van der Waals surface area contributed by atoms with Crippen molar-refractivity contribution >= 4 is 0 Å². The van der Waals surface area contributed by atoms with E-state index in [4.69, 9.17) is 4.74 Å². The number of fused-ring (bicyclic) bond motifs is 3. The molecule has 1 heteroatoms. The summed E-state index contributed by atoms with van der Waals surface area (Å²) in [5.74, 6) is 1.57. The monoisotopic (exact) mass is 238 g/mol. The van der Waals surface area contributed by atoms with Gasteiger partial charge in [0.15, 0.2) is 0 Å². The van der Waals surface area contributed by atoms with Gasteiger partial charge in [0.25, 0.3) is 0 Å². The largest absolute Gasteiger partial charge is 0.488 e. The molecular weight excluding hydrogens is 220 g/mol. The highest BCUT2D eigenvalue weighted by Crippen LogP contribution is 2.39. The SMILES string of the molecule is Cc1ccc2c(c1)COc1cc(C(C)C)ccc1-2. The van der Waals surface area contributed by atoms with Crippen molar-refractivity contribution in [2.75, 3.05) is 0 Å². The van der Waals surface area contributed by atoms with Crippen LogP contribution in [0.15, 0.2) is 36.4 Å². The Hall–Kier alpha value is -1.76. The van der Waals surface area contributed by atoms with Crippen LogP contribution in [0.1, 0.15) is 36.5 Å².